The lowest BCUT2D eigenvalue weighted by Gasteiger charge is -2.06. The lowest BCUT2D eigenvalue weighted by molar-refractivity contribution is 0.0527. The maximum absolute atomic E-state index is 12.0. The number of esters is 1. The van der Waals surface area contributed by atoms with Crippen molar-refractivity contribution < 1.29 is 14.3 Å². The first-order valence-corrected chi connectivity index (χ1v) is 6.17. The molecule has 2 rings (SSSR count). The molecule has 0 spiro atoms. The first-order chi connectivity index (χ1) is 9.52. The number of hydrogen-bond acceptors (Lipinski definition) is 4. The second-order valence-corrected chi connectivity index (χ2v) is 4.30. The maximum Gasteiger partial charge on any atom is 0.342 e. The first kappa shape index (κ1) is 13.9. The Morgan fingerprint density at radius 2 is 2.25 bits per heavy atom. The Kier molecular flexibility index (Phi) is 3.88. The van der Waals surface area contributed by atoms with Gasteiger partial charge in [0, 0.05) is 25.1 Å². The topological polar surface area (TPSA) is 89.0 Å². The number of carbonyl (C=O) groups excluding carboxylic acids is 2. The second-order valence-electron chi connectivity index (χ2n) is 4.30. The Morgan fingerprint density at radius 1 is 1.50 bits per heavy atom. The van der Waals surface area contributed by atoms with Gasteiger partial charge in [-0.25, -0.2) is 9.78 Å². The van der Waals surface area contributed by atoms with Gasteiger partial charge in [0.05, 0.1) is 18.6 Å². The van der Waals surface area contributed by atoms with E-state index in [2.05, 4.69) is 15.3 Å². The van der Waals surface area contributed by atoms with Gasteiger partial charge in [-0.1, -0.05) is 0 Å². The Hall–Kier alpha value is -2.57. The fourth-order valence-corrected chi connectivity index (χ4v) is 1.81. The van der Waals surface area contributed by atoms with Crippen LogP contribution in [0.5, 0.6) is 0 Å². The number of anilines is 1. The van der Waals surface area contributed by atoms with Gasteiger partial charge < -0.3 is 19.6 Å². The molecule has 2 aromatic heterocycles. The van der Waals surface area contributed by atoms with Crippen molar-refractivity contribution >= 4 is 17.6 Å². The maximum atomic E-state index is 12.0. The SMILES string of the molecule is CCOC(=O)c1c(NC(=O)c2cn(C)cn2)c[nH]c1C. The molecule has 20 heavy (non-hydrogen) atoms. The molecule has 7 heteroatoms. The summed E-state index contributed by atoms with van der Waals surface area (Å²) < 4.78 is 6.64. The minimum atomic E-state index is -0.470. The zero-order valence-corrected chi connectivity index (χ0v) is 11.6. The third kappa shape index (κ3) is 2.71. The number of amides is 1. The Balaban J connectivity index is 2.22. The lowest BCUT2D eigenvalue weighted by Crippen LogP contribution is -2.15. The van der Waals surface area contributed by atoms with Crippen LogP contribution in [-0.2, 0) is 11.8 Å². The average molecular weight is 276 g/mol. The van der Waals surface area contributed by atoms with Gasteiger partial charge in [-0.2, -0.15) is 0 Å². The van der Waals surface area contributed by atoms with Crippen LogP contribution in [0.2, 0.25) is 0 Å². The molecule has 0 aliphatic carbocycles. The van der Waals surface area contributed by atoms with Crippen molar-refractivity contribution in [1.82, 2.24) is 14.5 Å². The quantitative estimate of drug-likeness (QED) is 0.828. The summed E-state index contributed by atoms with van der Waals surface area (Å²) in [6.45, 7) is 3.74. The Labute approximate surface area is 116 Å². The van der Waals surface area contributed by atoms with E-state index in [1.54, 1.807) is 37.9 Å². The summed E-state index contributed by atoms with van der Waals surface area (Å²) in [6, 6.07) is 0. The zero-order valence-electron chi connectivity index (χ0n) is 11.6. The van der Waals surface area contributed by atoms with E-state index in [9.17, 15) is 9.59 Å². The molecular formula is C13H16N4O3. The van der Waals surface area contributed by atoms with Gasteiger partial charge in [-0.3, -0.25) is 4.79 Å². The summed E-state index contributed by atoms with van der Waals surface area (Å²) in [7, 11) is 1.77. The second kappa shape index (κ2) is 5.60. The van der Waals surface area contributed by atoms with Crippen molar-refractivity contribution in [3.63, 3.8) is 0 Å². The van der Waals surface area contributed by atoms with Gasteiger partial charge >= 0.3 is 5.97 Å². The van der Waals surface area contributed by atoms with Crippen LogP contribution in [0.4, 0.5) is 5.69 Å². The molecular weight excluding hydrogens is 260 g/mol. The third-order valence-electron chi connectivity index (χ3n) is 2.74. The van der Waals surface area contributed by atoms with Gasteiger partial charge in [-0.05, 0) is 13.8 Å². The number of aromatic amines is 1. The molecule has 7 nitrogen and oxygen atoms in total. The number of nitrogens with one attached hydrogen (secondary N) is 2. The van der Waals surface area contributed by atoms with Crippen molar-refractivity contribution in [2.24, 2.45) is 7.05 Å². The molecule has 0 radical (unpaired) electrons. The monoisotopic (exact) mass is 276 g/mol. The van der Waals surface area contributed by atoms with Crippen LogP contribution in [0.1, 0.15) is 33.5 Å². The third-order valence-corrected chi connectivity index (χ3v) is 2.74. The standard InChI is InChI=1S/C13H16N4O3/c1-4-20-13(19)11-8(2)14-5-9(11)16-12(18)10-6-17(3)7-15-10/h5-7,14H,4H2,1-3H3,(H,16,18). The van der Waals surface area contributed by atoms with Crippen LogP contribution >= 0.6 is 0 Å². The molecule has 106 valence electrons. The lowest BCUT2D eigenvalue weighted by atomic mass is 10.2. The van der Waals surface area contributed by atoms with Gasteiger partial charge in [-0.15, -0.1) is 0 Å². The summed E-state index contributed by atoms with van der Waals surface area (Å²) in [5.41, 5.74) is 1.63. The molecule has 0 aliphatic heterocycles. The van der Waals surface area contributed by atoms with Crippen molar-refractivity contribution in [3.05, 3.63) is 35.7 Å². The Morgan fingerprint density at radius 3 is 2.85 bits per heavy atom. The predicted molar refractivity (Wildman–Crippen MR) is 72.6 cm³/mol. The molecule has 0 aliphatic rings. The van der Waals surface area contributed by atoms with Gasteiger partial charge in [0.2, 0.25) is 0 Å². The molecule has 2 aromatic rings. The molecule has 2 heterocycles. The van der Waals surface area contributed by atoms with E-state index < -0.39 is 5.97 Å². The highest BCUT2D eigenvalue weighted by molar-refractivity contribution is 6.07. The predicted octanol–water partition coefficient (Wildman–Crippen LogP) is 1.49. The normalized spacial score (nSPS) is 10.3. The van der Waals surface area contributed by atoms with Gasteiger partial charge in [0.15, 0.2) is 0 Å². The number of rotatable bonds is 4. The zero-order chi connectivity index (χ0) is 14.7. The van der Waals surface area contributed by atoms with Crippen molar-refractivity contribution in [2.75, 3.05) is 11.9 Å². The molecule has 0 bridgehead atoms. The van der Waals surface area contributed by atoms with Crippen molar-refractivity contribution in [2.45, 2.75) is 13.8 Å². The summed E-state index contributed by atoms with van der Waals surface area (Å²) >= 11 is 0. The molecule has 1 amide bonds. The highest BCUT2D eigenvalue weighted by atomic mass is 16.5. The van der Waals surface area contributed by atoms with E-state index in [0.29, 0.717) is 16.9 Å². The van der Waals surface area contributed by atoms with E-state index in [1.807, 2.05) is 0 Å². The van der Waals surface area contributed by atoms with Crippen molar-refractivity contribution in [1.29, 1.82) is 0 Å². The largest absolute Gasteiger partial charge is 0.462 e. The number of hydrogen-bond donors (Lipinski definition) is 2. The first-order valence-electron chi connectivity index (χ1n) is 6.17. The van der Waals surface area contributed by atoms with Crippen molar-refractivity contribution in [3.8, 4) is 0 Å². The smallest absolute Gasteiger partial charge is 0.342 e. The molecule has 0 atom stereocenters. The van der Waals surface area contributed by atoms with E-state index in [-0.39, 0.29) is 18.2 Å². The summed E-state index contributed by atoms with van der Waals surface area (Å²) in [5.74, 6) is -0.849. The fourth-order valence-electron chi connectivity index (χ4n) is 1.81. The minimum absolute atomic E-state index is 0.275. The fraction of sp³-hybridized carbons (Fsp3) is 0.308. The summed E-state index contributed by atoms with van der Waals surface area (Å²) in [6.07, 6.45) is 4.69. The molecule has 0 saturated heterocycles. The Bertz CT molecular complexity index is 642. The van der Waals surface area contributed by atoms with Crippen LogP contribution in [0, 0.1) is 6.92 Å². The number of carbonyl (C=O) groups is 2. The molecule has 0 fully saturated rings. The van der Waals surface area contributed by atoms with E-state index in [4.69, 9.17) is 4.74 Å². The van der Waals surface area contributed by atoms with Gasteiger partial charge in [0.25, 0.3) is 5.91 Å². The summed E-state index contributed by atoms with van der Waals surface area (Å²) in [5, 5.41) is 2.65. The number of imidazole rings is 1. The average Bonchev–Trinajstić information content (AvgIpc) is 2.96. The van der Waals surface area contributed by atoms with Crippen LogP contribution in [-0.4, -0.2) is 33.0 Å². The highest BCUT2D eigenvalue weighted by Gasteiger charge is 2.20. The van der Waals surface area contributed by atoms with Crippen LogP contribution < -0.4 is 5.32 Å². The molecule has 0 aromatic carbocycles. The number of nitrogens with zero attached hydrogens (tertiary/aromatic N) is 2. The molecule has 0 unspecified atom stereocenters. The molecule has 0 saturated carbocycles. The molecule has 2 N–H and O–H groups in total. The van der Waals surface area contributed by atoms with Crippen LogP contribution in [0.3, 0.4) is 0 Å². The number of ether oxygens (including phenoxy) is 1. The van der Waals surface area contributed by atoms with Crippen LogP contribution in [0.25, 0.3) is 0 Å². The van der Waals surface area contributed by atoms with E-state index in [1.165, 1.54) is 6.33 Å². The number of aryl methyl sites for hydroxylation is 2. The van der Waals surface area contributed by atoms with Crippen LogP contribution in [0.15, 0.2) is 18.7 Å². The van der Waals surface area contributed by atoms with E-state index >= 15 is 0 Å². The highest BCUT2D eigenvalue weighted by Crippen LogP contribution is 2.20. The number of H-pyrrole nitrogens is 1. The number of aromatic nitrogens is 3. The van der Waals surface area contributed by atoms with E-state index in [0.717, 1.165) is 0 Å². The van der Waals surface area contributed by atoms with Gasteiger partial charge in [0.1, 0.15) is 11.3 Å². The summed E-state index contributed by atoms with van der Waals surface area (Å²) in [4.78, 5) is 30.7. The minimum Gasteiger partial charge on any atom is -0.462 e.